The lowest BCUT2D eigenvalue weighted by Crippen LogP contribution is -2.71. The van der Waals surface area contributed by atoms with Crippen LogP contribution in [0.5, 0.6) is 0 Å². The van der Waals surface area contributed by atoms with Crippen molar-refractivity contribution in [2.45, 2.75) is 31.3 Å². The second-order valence-corrected chi connectivity index (χ2v) is 8.27. The van der Waals surface area contributed by atoms with Crippen LogP contribution in [0.2, 0.25) is 0 Å². The van der Waals surface area contributed by atoms with Crippen molar-refractivity contribution in [1.29, 1.82) is 0 Å². The summed E-state index contributed by atoms with van der Waals surface area (Å²) in [6, 6.07) is 6.81. The van der Waals surface area contributed by atoms with Crippen LogP contribution in [0, 0.1) is 6.92 Å². The fourth-order valence-corrected chi connectivity index (χ4v) is 4.64. The minimum atomic E-state index is -3.55. The van der Waals surface area contributed by atoms with Gasteiger partial charge in [0, 0.05) is 13.1 Å². The molecule has 3 rings (SSSR count). The predicted molar refractivity (Wildman–Crippen MR) is 97.3 cm³/mol. The van der Waals surface area contributed by atoms with Gasteiger partial charge in [0.25, 0.3) is 0 Å². The number of carbonyl (C=O) groups excluding carboxylic acids is 1. The number of likely N-dealkylation sites (tertiary alicyclic amines) is 1. The van der Waals surface area contributed by atoms with E-state index in [4.69, 9.17) is 16.3 Å². The second-order valence-electron chi connectivity index (χ2n) is 6.07. The van der Waals surface area contributed by atoms with Gasteiger partial charge in [-0.2, -0.15) is 4.31 Å². The third-order valence-corrected chi connectivity index (χ3v) is 6.39. The number of hydrogen-bond donors (Lipinski definition) is 0. The molecule has 0 bridgehead atoms. The molecule has 2 aliphatic heterocycles. The van der Waals surface area contributed by atoms with Gasteiger partial charge in [0.1, 0.15) is 11.5 Å². The Morgan fingerprint density at radius 3 is 2.36 bits per heavy atom. The highest BCUT2D eigenvalue weighted by Crippen LogP contribution is 2.31. The van der Waals surface area contributed by atoms with Crippen molar-refractivity contribution in [3.63, 3.8) is 0 Å². The molecule has 2 heterocycles. The number of aryl methyl sites for hydroxylation is 1. The molecule has 0 saturated carbocycles. The molecule has 0 radical (unpaired) electrons. The number of sulfonamides is 1. The highest BCUT2D eigenvalue weighted by molar-refractivity contribution is 7.89. The predicted octanol–water partition coefficient (Wildman–Crippen LogP) is 1.86. The maximum absolute atomic E-state index is 12.8. The summed E-state index contributed by atoms with van der Waals surface area (Å²) < 4.78 is 32.7. The number of nitrogens with zero attached hydrogens (tertiary/aromatic N) is 2. The number of rotatable bonds is 3. The van der Waals surface area contributed by atoms with E-state index in [0.717, 1.165) is 5.56 Å². The lowest BCUT2D eigenvalue weighted by atomic mass is 9.92. The summed E-state index contributed by atoms with van der Waals surface area (Å²) in [5.41, 5.74) is 0.411. The van der Waals surface area contributed by atoms with Crippen LogP contribution in [0.1, 0.15) is 19.4 Å². The fourth-order valence-electron chi connectivity index (χ4n) is 2.98. The molecule has 6 nitrogen and oxygen atoms in total. The van der Waals surface area contributed by atoms with E-state index in [9.17, 15) is 13.2 Å². The minimum Gasteiger partial charge on any atom is -0.369 e. The summed E-state index contributed by atoms with van der Waals surface area (Å²) in [5, 5.41) is 0. The smallest absolute Gasteiger partial charge is 0.243 e. The van der Waals surface area contributed by atoms with Crippen molar-refractivity contribution < 1.29 is 17.9 Å². The van der Waals surface area contributed by atoms with Crippen LogP contribution < -0.4 is 0 Å². The average Bonchev–Trinajstić information content (AvgIpc) is 2.61. The Labute approximate surface area is 154 Å². The molecule has 2 saturated heterocycles. The maximum atomic E-state index is 12.8. The van der Waals surface area contributed by atoms with Gasteiger partial charge in [-0.15, -0.1) is 11.6 Å². The SMILES string of the molecule is CC.Cc1ccc(S(=O)(=O)N2CCOC3(CN(C(=O)CCl)C3)C2)cc1. The monoisotopic (exact) mass is 388 g/mol. The van der Waals surface area contributed by atoms with E-state index < -0.39 is 15.6 Å². The van der Waals surface area contributed by atoms with Crippen molar-refractivity contribution in [2.75, 3.05) is 38.7 Å². The Hall–Kier alpha value is -1.15. The number of ether oxygens (including phenoxy) is 1. The van der Waals surface area contributed by atoms with E-state index in [1.54, 1.807) is 29.2 Å². The van der Waals surface area contributed by atoms with E-state index in [1.165, 1.54) is 4.31 Å². The third-order valence-electron chi connectivity index (χ3n) is 4.30. The normalized spacial score (nSPS) is 19.8. The van der Waals surface area contributed by atoms with Crippen LogP contribution >= 0.6 is 11.6 Å². The average molecular weight is 389 g/mol. The number of hydrogen-bond acceptors (Lipinski definition) is 4. The number of benzene rings is 1. The summed E-state index contributed by atoms with van der Waals surface area (Å²) >= 11 is 5.54. The minimum absolute atomic E-state index is 0.0680. The number of amides is 1. The largest absolute Gasteiger partial charge is 0.369 e. The standard InChI is InChI=1S/C15H19ClN2O4S.C2H6/c1-12-2-4-13(5-3-12)23(20,21)18-6-7-22-15(11-18)9-17(10-15)14(19)8-16;1-2/h2-5H,6-11H2,1H3;1-2H3. The van der Waals surface area contributed by atoms with Crippen LogP contribution in [0.25, 0.3) is 0 Å². The van der Waals surface area contributed by atoms with E-state index >= 15 is 0 Å². The van der Waals surface area contributed by atoms with E-state index in [0.29, 0.717) is 26.2 Å². The zero-order chi connectivity index (χ0) is 18.7. The highest BCUT2D eigenvalue weighted by atomic mass is 35.5. The first-order valence-electron chi connectivity index (χ1n) is 8.41. The Balaban J connectivity index is 0.00000109. The lowest BCUT2D eigenvalue weighted by Gasteiger charge is -2.53. The van der Waals surface area contributed by atoms with Gasteiger partial charge in [0.2, 0.25) is 15.9 Å². The molecule has 0 N–H and O–H groups in total. The van der Waals surface area contributed by atoms with Crippen molar-refractivity contribution in [3.05, 3.63) is 29.8 Å². The molecular formula is C17H25ClN2O4S. The zero-order valence-corrected chi connectivity index (χ0v) is 16.4. The van der Waals surface area contributed by atoms with Crippen LogP contribution in [0.4, 0.5) is 0 Å². The van der Waals surface area contributed by atoms with Crippen LogP contribution in [0.3, 0.4) is 0 Å². The molecule has 0 aromatic heterocycles. The third kappa shape index (κ3) is 4.16. The van der Waals surface area contributed by atoms with Gasteiger partial charge in [-0.3, -0.25) is 4.79 Å². The molecule has 1 amide bonds. The number of carbonyl (C=O) groups is 1. The first-order valence-corrected chi connectivity index (χ1v) is 10.4. The first kappa shape index (κ1) is 20.2. The Kier molecular flexibility index (Phi) is 6.48. The number of alkyl halides is 1. The Morgan fingerprint density at radius 1 is 1.20 bits per heavy atom. The molecule has 2 fully saturated rings. The van der Waals surface area contributed by atoms with Crippen LogP contribution in [-0.4, -0.2) is 67.8 Å². The van der Waals surface area contributed by atoms with E-state index in [-0.39, 0.29) is 23.2 Å². The topological polar surface area (TPSA) is 66.9 Å². The molecule has 1 spiro atoms. The molecule has 2 aliphatic rings. The summed E-state index contributed by atoms with van der Waals surface area (Å²) in [4.78, 5) is 13.4. The van der Waals surface area contributed by atoms with Gasteiger partial charge in [-0.1, -0.05) is 31.5 Å². The molecule has 8 heteroatoms. The molecule has 1 aromatic rings. The number of halogens is 1. The van der Waals surface area contributed by atoms with Gasteiger partial charge in [-0.25, -0.2) is 8.42 Å². The van der Waals surface area contributed by atoms with E-state index in [1.807, 2.05) is 20.8 Å². The summed E-state index contributed by atoms with van der Waals surface area (Å²) in [5.74, 6) is -0.221. The summed E-state index contributed by atoms with van der Waals surface area (Å²) in [7, 11) is -3.55. The Bertz CT molecular complexity index is 700. The van der Waals surface area contributed by atoms with Crippen molar-refractivity contribution in [3.8, 4) is 0 Å². The van der Waals surface area contributed by atoms with Crippen molar-refractivity contribution in [1.82, 2.24) is 9.21 Å². The highest BCUT2D eigenvalue weighted by Gasteiger charge is 2.50. The molecular weight excluding hydrogens is 364 g/mol. The summed E-state index contributed by atoms with van der Waals surface area (Å²) in [6.07, 6.45) is 0. The second kappa shape index (κ2) is 8.03. The zero-order valence-electron chi connectivity index (χ0n) is 14.9. The molecule has 0 unspecified atom stereocenters. The van der Waals surface area contributed by atoms with Gasteiger partial charge < -0.3 is 9.64 Å². The van der Waals surface area contributed by atoms with Gasteiger partial charge in [0.15, 0.2) is 0 Å². The van der Waals surface area contributed by atoms with Gasteiger partial charge >= 0.3 is 0 Å². The van der Waals surface area contributed by atoms with Crippen LogP contribution in [-0.2, 0) is 19.6 Å². The number of morpholine rings is 1. The van der Waals surface area contributed by atoms with Gasteiger partial charge in [-0.05, 0) is 19.1 Å². The first-order chi connectivity index (χ1) is 11.9. The molecule has 0 aliphatic carbocycles. The summed E-state index contributed by atoms with van der Waals surface area (Å²) in [6.45, 7) is 7.60. The quantitative estimate of drug-likeness (QED) is 0.741. The van der Waals surface area contributed by atoms with E-state index in [2.05, 4.69) is 0 Å². The van der Waals surface area contributed by atoms with Gasteiger partial charge in [0.05, 0.1) is 24.6 Å². The molecule has 25 heavy (non-hydrogen) atoms. The molecule has 0 atom stereocenters. The fraction of sp³-hybridized carbons (Fsp3) is 0.588. The van der Waals surface area contributed by atoms with Crippen molar-refractivity contribution >= 4 is 27.5 Å². The maximum Gasteiger partial charge on any atom is 0.243 e. The molecule has 140 valence electrons. The molecule has 1 aromatic carbocycles. The van der Waals surface area contributed by atoms with Crippen molar-refractivity contribution in [2.24, 2.45) is 0 Å². The van der Waals surface area contributed by atoms with Crippen LogP contribution in [0.15, 0.2) is 29.2 Å². The Morgan fingerprint density at radius 2 is 1.80 bits per heavy atom. The lowest BCUT2D eigenvalue weighted by molar-refractivity contribution is -0.181.